The highest BCUT2D eigenvalue weighted by molar-refractivity contribution is 9.10. The van der Waals surface area contributed by atoms with Gasteiger partial charge in [-0.1, -0.05) is 0 Å². The van der Waals surface area contributed by atoms with Crippen molar-refractivity contribution < 1.29 is 9.84 Å². The van der Waals surface area contributed by atoms with Gasteiger partial charge in [0.1, 0.15) is 5.52 Å². The van der Waals surface area contributed by atoms with Crippen LogP contribution in [-0.2, 0) is 4.74 Å². The van der Waals surface area contributed by atoms with Crippen LogP contribution < -0.4 is 5.32 Å². The maximum Gasteiger partial charge on any atom is 0.112 e. The molecule has 1 saturated carbocycles. The van der Waals surface area contributed by atoms with Crippen LogP contribution in [0.5, 0.6) is 0 Å². The van der Waals surface area contributed by atoms with Crippen LogP contribution in [-0.4, -0.2) is 40.9 Å². The van der Waals surface area contributed by atoms with Crippen LogP contribution in [0.4, 0.5) is 5.69 Å². The fourth-order valence-electron chi connectivity index (χ4n) is 2.09. The van der Waals surface area contributed by atoms with E-state index in [0.717, 1.165) is 33.7 Å². The molecule has 0 saturated heterocycles. The molecule has 1 unspecified atom stereocenters. The van der Waals surface area contributed by atoms with Gasteiger partial charge in [0, 0.05) is 30.0 Å². The minimum absolute atomic E-state index is 0.367. The number of nitrogens with one attached hydrogen (secondary N) is 1. The number of hydrogen-bond acceptors (Lipinski definition) is 5. The van der Waals surface area contributed by atoms with E-state index < -0.39 is 6.10 Å². The van der Waals surface area contributed by atoms with E-state index in [1.54, 1.807) is 12.4 Å². The Hall–Kier alpha value is -1.24. The molecule has 2 aromatic rings. The van der Waals surface area contributed by atoms with E-state index in [4.69, 9.17) is 4.74 Å². The Kier molecular flexibility index (Phi) is 4.67. The molecular formula is C15H18BrN3O2. The molecule has 1 aliphatic rings. The van der Waals surface area contributed by atoms with Crippen LogP contribution >= 0.6 is 15.9 Å². The molecule has 0 radical (unpaired) electrons. The summed E-state index contributed by atoms with van der Waals surface area (Å²) >= 11 is 3.38. The molecule has 2 aromatic heterocycles. The standard InChI is InChI=1S/C15H18BrN3O2/c16-11-5-14-15(19-6-11)13(3-4-17-14)18-7-12(20)9-21-8-10-1-2-10/h3-6,10,12,20H,1-2,7-9H2,(H,17,18). The highest BCUT2D eigenvalue weighted by Gasteiger charge is 2.21. The van der Waals surface area contributed by atoms with Gasteiger partial charge in [0.2, 0.25) is 0 Å². The summed E-state index contributed by atoms with van der Waals surface area (Å²) in [5.74, 6) is 0.719. The number of rotatable bonds is 7. The van der Waals surface area contributed by atoms with Crippen LogP contribution in [0.15, 0.2) is 29.0 Å². The fraction of sp³-hybridized carbons (Fsp3) is 0.467. The van der Waals surface area contributed by atoms with Gasteiger partial charge >= 0.3 is 0 Å². The van der Waals surface area contributed by atoms with Crippen molar-refractivity contribution >= 4 is 32.7 Å². The molecule has 0 spiro atoms. The van der Waals surface area contributed by atoms with Crippen LogP contribution in [0, 0.1) is 5.92 Å². The largest absolute Gasteiger partial charge is 0.389 e. The maximum atomic E-state index is 9.93. The Labute approximate surface area is 131 Å². The van der Waals surface area contributed by atoms with E-state index in [0.29, 0.717) is 13.2 Å². The van der Waals surface area contributed by atoms with Gasteiger partial charge in [-0.3, -0.25) is 9.97 Å². The lowest BCUT2D eigenvalue weighted by molar-refractivity contribution is 0.0386. The number of ether oxygens (including phenoxy) is 1. The van der Waals surface area contributed by atoms with Crippen LogP contribution in [0.25, 0.3) is 11.0 Å². The first kappa shape index (κ1) is 14.7. The number of fused-ring (bicyclic) bond motifs is 1. The van der Waals surface area contributed by atoms with E-state index in [2.05, 4.69) is 31.2 Å². The summed E-state index contributed by atoms with van der Waals surface area (Å²) in [6.45, 7) is 1.57. The summed E-state index contributed by atoms with van der Waals surface area (Å²) in [5, 5.41) is 13.1. The second kappa shape index (κ2) is 6.68. The molecule has 3 rings (SSSR count). The van der Waals surface area contributed by atoms with Gasteiger partial charge in [0.25, 0.3) is 0 Å². The topological polar surface area (TPSA) is 67.3 Å². The third-order valence-electron chi connectivity index (χ3n) is 3.43. The maximum absolute atomic E-state index is 9.93. The number of aliphatic hydroxyl groups excluding tert-OH is 1. The van der Waals surface area contributed by atoms with Gasteiger partial charge in [-0.25, -0.2) is 0 Å². The molecule has 1 atom stereocenters. The molecule has 0 bridgehead atoms. The molecule has 6 heteroatoms. The van der Waals surface area contributed by atoms with Crippen molar-refractivity contribution in [1.29, 1.82) is 0 Å². The van der Waals surface area contributed by atoms with E-state index in [-0.39, 0.29) is 0 Å². The molecule has 1 fully saturated rings. The highest BCUT2D eigenvalue weighted by Crippen LogP contribution is 2.28. The summed E-state index contributed by atoms with van der Waals surface area (Å²) < 4.78 is 6.38. The van der Waals surface area contributed by atoms with Crippen molar-refractivity contribution in [2.24, 2.45) is 5.92 Å². The third kappa shape index (κ3) is 4.12. The Balaban J connectivity index is 1.56. The molecule has 2 heterocycles. The van der Waals surface area contributed by atoms with Gasteiger partial charge in [0.05, 0.1) is 23.9 Å². The first-order chi connectivity index (χ1) is 10.2. The summed E-state index contributed by atoms with van der Waals surface area (Å²) in [6, 6.07) is 3.78. The monoisotopic (exact) mass is 351 g/mol. The average molecular weight is 352 g/mol. The lowest BCUT2D eigenvalue weighted by Crippen LogP contribution is -2.25. The van der Waals surface area contributed by atoms with Crippen molar-refractivity contribution in [1.82, 2.24) is 9.97 Å². The number of aromatic nitrogens is 2. The van der Waals surface area contributed by atoms with Crippen molar-refractivity contribution in [3.8, 4) is 0 Å². The van der Waals surface area contributed by atoms with E-state index in [1.807, 2.05) is 12.1 Å². The molecular weight excluding hydrogens is 334 g/mol. The molecule has 0 aliphatic heterocycles. The number of anilines is 1. The summed E-state index contributed by atoms with van der Waals surface area (Å²) in [7, 11) is 0. The van der Waals surface area contributed by atoms with Crippen molar-refractivity contribution in [3.63, 3.8) is 0 Å². The van der Waals surface area contributed by atoms with Crippen LogP contribution in [0.2, 0.25) is 0 Å². The fourth-order valence-corrected chi connectivity index (χ4v) is 2.41. The molecule has 0 aromatic carbocycles. The van der Waals surface area contributed by atoms with Gasteiger partial charge in [-0.2, -0.15) is 0 Å². The Morgan fingerprint density at radius 2 is 2.29 bits per heavy atom. The molecule has 112 valence electrons. The zero-order valence-corrected chi connectivity index (χ0v) is 13.2. The number of aliphatic hydroxyl groups is 1. The summed E-state index contributed by atoms with van der Waals surface area (Å²) in [4.78, 5) is 8.65. The lowest BCUT2D eigenvalue weighted by atomic mass is 10.2. The second-order valence-electron chi connectivity index (χ2n) is 5.40. The second-order valence-corrected chi connectivity index (χ2v) is 6.31. The van der Waals surface area contributed by atoms with Gasteiger partial charge in [-0.05, 0) is 46.8 Å². The lowest BCUT2D eigenvalue weighted by Gasteiger charge is -2.14. The smallest absolute Gasteiger partial charge is 0.112 e. The number of hydrogen-bond donors (Lipinski definition) is 2. The zero-order chi connectivity index (χ0) is 14.7. The van der Waals surface area contributed by atoms with Gasteiger partial charge in [-0.15, -0.1) is 0 Å². The predicted octanol–water partition coefficient (Wildman–Crippen LogP) is 2.59. The number of halogens is 1. The predicted molar refractivity (Wildman–Crippen MR) is 85.3 cm³/mol. The van der Waals surface area contributed by atoms with Gasteiger partial charge < -0.3 is 15.2 Å². The number of nitrogens with zero attached hydrogens (tertiary/aromatic N) is 2. The van der Waals surface area contributed by atoms with E-state index in [1.165, 1.54) is 12.8 Å². The highest BCUT2D eigenvalue weighted by atomic mass is 79.9. The van der Waals surface area contributed by atoms with Crippen molar-refractivity contribution in [2.75, 3.05) is 25.1 Å². The Bertz CT molecular complexity index is 619. The molecule has 2 N–H and O–H groups in total. The van der Waals surface area contributed by atoms with E-state index in [9.17, 15) is 5.11 Å². The SMILES string of the molecule is OC(CNc1ccnc2cc(Br)cnc12)COCC1CC1. The molecule has 0 amide bonds. The van der Waals surface area contributed by atoms with Crippen LogP contribution in [0.1, 0.15) is 12.8 Å². The number of pyridine rings is 2. The molecule has 21 heavy (non-hydrogen) atoms. The Morgan fingerprint density at radius 3 is 3.10 bits per heavy atom. The average Bonchev–Trinajstić information content (AvgIpc) is 3.29. The minimum atomic E-state index is -0.526. The third-order valence-corrected chi connectivity index (χ3v) is 3.87. The zero-order valence-electron chi connectivity index (χ0n) is 11.6. The van der Waals surface area contributed by atoms with Gasteiger partial charge in [0.15, 0.2) is 0 Å². The first-order valence-electron chi connectivity index (χ1n) is 7.12. The quantitative estimate of drug-likeness (QED) is 0.802. The van der Waals surface area contributed by atoms with Crippen molar-refractivity contribution in [3.05, 3.63) is 29.0 Å². The normalized spacial score (nSPS) is 16.1. The van der Waals surface area contributed by atoms with Crippen molar-refractivity contribution in [2.45, 2.75) is 18.9 Å². The Morgan fingerprint density at radius 1 is 1.43 bits per heavy atom. The molecule has 1 aliphatic carbocycles. The summed E-state index contributed by atoms with van der Waals surface area (Å²) in [6.07, 6.45) is 5.47. The summed E-state index contributed by atoms with van der Waals surface area (Å²) in [5.41, 5.74) is 2.48. The van der Waals surface area contributed by atoms with E-state index >= 15 is 0 Å². The first-order valence-corrected chi connectivity index (χ1v) is 7.91. The minimum Gasteiger partial charge on any atom is -0.389 e. The van der Waals surface area contributed by atoms with Crippen LogP contribution in [0.3, 0.4) is 0 Å². The molecule has 5 nitrogen and oxygen atoms in total.